The highest BCUT2D eigenvalue weighted by molar-refractivity contribution is 5.42. The molecule has 1 aliphatic heterocycles. The average molecular weight is 342 g/mol. The van der Waals surface area contributed by atoms with Crippen molar-refractivity contribution in [2.45, 2.75) is 25.0 Å². The summed E-state index contributed by atoms with van der Waals surface area (Å²) in [6.45, 7) is 1.83. The van der Waals surface area contributed by atoms with E-state index in [1.165, 1.54) is 6.33 Å². The summed E-state index contributed by atoms with van der Waals surface area (Å²) < 4.78 is 5.19. The van der Waals surface area contributed by atoms with Gasteiger partial charge < -0.3 is 20.1 Å². The van der Waals surface area contributed by atoms with Crippen molar-refractivity contribution in [2.24, 2.45) is 11.8 Å². The van der Waals surface area contributed by atoms with Crippen LogP contribution in [0.2, 0.25) is 0 Å². The van der Waals surface area contributed by atoms with Crippen molar-refractivity contribution in [1.29, 1.82) is 0 Å². The Morgan fingerprint density at radius 3 is 2.76 bits per heavy atom. The Morgan fingerprint density at radius 1 is 1.16 bits per heavy atom. The van der Waals surface area contributed by atoms with E-state index in [0.717, 1.165) is 31.7 Å². The molecule has 2 N–H and O–H groups in total. The van der Waals surface area contributed by atoms with Gasteiger partial charge >= 0.3 is 0 Å². The van der Waals surface area contributed by atoms with Crippen LogP contribution in [0.1, 0.15) is 12.8 Å². The second kappa shape index (κ2) is 6.79. The maximum Gasteiger partial charge on any atom is 0.218 e. The van der Waals surface area contributed by atoms with Crippen molar-refractivity contribution in [1.82, 2.24) is 19.9 Å². The van der Waals surface area contributed by atoms with Gasteiger partial charge in [-0.1, -0.05) is 0 Å². The first-order valence-electron chi connectivity index (χ1n) is 8.54. The van der Waals surface area contributed by atoms with Gasteiger partial charge in [-0.3, -0.25) is 4.98 Å². The molecule has 3 heterocycles. The summed E-state index contributed by atoms with van der Waals surface area (Å²) in [5.41, 5.74) is 0. The summed E-state index contributed by atoms with van der Waals surface area (Å²) in [6.07, 6.45) is 7.81. The van der Waals surface area contributed by atoms with Gasteiger partial charge in [-0.05, 0) is 24.7 Å². The smallest absolute Gasteiger partial charge is 0.218 e. The van der Waals surface area contributed by atoms with Crippen molar-refractivity contribution < 1.29 is 9.84 Å². The molecule has 1 saturated carbocycles. The van der Waals surface area contributed by atoms with Gasteiger partial charge in [-0.25, -0.2) is 15.0 Å². The SMILES string of the molecule is COc1cc(N2C[C@H]3C[C@@H](Nc4cnccn4)[C@H](O)C[C@H]3C2)ncn1. The van der Waals surface area contributed by atoms with Crippen LogP contribution in [0.3, 0.4) is 0 Å². The van der Waals surface area contributed by atoms with Crippen molar-refractivity contribution in [3.63, 3.8) is 0 Å². The van der Waals surface area contributed by atoms with Crippen LogP contribution in [0.5, 0.6) is 5.88 Å². The fraction of sp³-hybridized carbons (Fsp3) is 0.529. The molecule has 1 aliphatic carbocycles. The van der Waals surface area contributed by atoms with E-state index in [0.29, 0.717) is 23.5 Å². The Hall–Kier alpha value is -2.48. The molecule has 4 atom stereocenters. The molecule has 2 aromatic heterocycles. The molecule has 2 aliphatic rings. The summed E-state index contributed by atoms with van der Waals surface area (Å²) in [5, 5.41) is 13.9. The van der Waals surface area contributed by atoms with E-state index in [-0.39, 0.29) is 12.1 Å². The van der Waals surface area contributed by atoms with Crippen molar-refractivity contribution in [2.75, 3.05) is 30.4 Å². The van der Waals surface area contributed by atoms with Crippen molar-refractivity contribution in [3.05, 3.63) is 31.0 Å². The zero-order valence-electron chi connectivity index (χ0n) is 14.1. The Morgan fingerprint density at radius 2 is 2.00 bits per heavy atom. The molecule has 0 amide bonds. The zero-order chi connectivity index (χ0) is 17.2. The van der Waals surface area contributed by atoms with Crippen molar-refractivity contribution >= 4 is 11.6 Å². The number of anilines is 2. The number of aliphatic hydroxyl groups is 1. The summed E-state index contributed by atoms with van der Waals surface area (Å²) in [4.78, 5) is 19.0. The van der Waals surface area contributed by atoms with Crippen LogP contribution < -0.4 is 15.0 Å². The highest BCUT2D eigenvalue weighted by atomic mass is 16.5. The summed E-state index contributed by atoms with van der Waals surface area (Å²) in [7, 11) is 1.61. The van der Waals surface area contributed by atoms with Crippen LogP contribution in [-0.4, -0.2) is 57.4 Å². The normalized spacial score (nSPS) is 28.5. The van der Waals surface area contributed by atoms with Gasteiger partial charge in [-0.15, -0.1) is 0 Å². The number of nitrogens with zero attached hydrogens (tertiary/aromatic N) is 5. The van der Waals surface area contributed by atoms with Crippen LogP contribution in [0.25, 0.3) is 0 Å². The molecule has 8 nitrogen and oxygen atoms in total. The van der Waals surface area contributed by atoms with Gasteiger partial charge in [0.2, 0.25) is 5.88 Å². The highest BCUT2D eigenvalue weighted by Crippen LogP contribution is 2.38. The number of ether oxygens (including phenoxy) is 1. The number of rotatable bonds is 4. The minimum absolute atomic E-state index is 0.00200. The lowest BCUT2D eigenvalue weighted by atomic mass is 9.77. The summed E-state index contributed by atoms with van der Waals surface area (Å²) >= 11 is 0. The lowest BCUT2D eigenvalue weighted by Crippen LogP contribution is -2.43. The zero-order valence-corrected chi connectivity index (χ0v) is 14.1. The molecule has 0 radical (unpaired) electrons. The molecule has 0 unspecified atom stereocenters. The average Bonchev–Trinajstić information content (AvgIpc) is 3.06. The van der Waals surface area contributed by atoms with Crippen LogP contribution in [0.15, 0.2) is 31.0 Å². The molecule has 1 saturated heterocycles. The number of aliphatic hydroxyl groups excluding tert-OH is 1. The topological polar surface area (TPSA) is 96.3 Å². The third-order valence-corrected chi connectivity index (χ3v) is 5.20. The van der Waals surface area contributed by atoms with E-state index < -0.39 is 0 Å². The van der Waals surface area contributed by atoms with E-state index in [4.69, 9.17) is 4.74 Å². The molecular formula is C17H22N6O2. The molecular weight excluding hydrogens is 320 g/mol. The number of aromatic nitrogens is 4. The third-order valence-electron chi connectivity index (χ3n) is 5.20. The Kier molecular flexibility index (Phi) is 4.35. The predicted molar refractivity (Wildman–Crippen MR) is 92.5 cm³/mol. The predicted octanol–water partition coefficient (Wildman–Crippen LogP) is 0.963. The first-order chi connectivity index (χ1) is 12.2. The molecule has 0 spiro atoms. The second-order valence-electron chi connectivity index (χ2n) is 6.72. The molecule has 0 aromatic carbocycles. The number of hydrogen-bond acceptors (Lipinski definition) is 8. The van der Waals surface area contributed by atoms with Gasteiger partial charge in [0.1, 0.15) is 18.0 Å². The number of methoxy groups -OCH3 is 1. The standard InChI is InChI=1S/C17H22N6O2/c1-25-17-6-16(20-10-21-17)23-8-11-4-13(14(24)5-12(11)9-23)22-15-7-18-2-3-19-15/h2-3,6-7,10-14,24H,4-5,8-9H2,1H3,(H,19,22)/t11-,12+,13-,14-/m1/s1. The van der Waals surface area contributed by atoms with E-state index >= 15 is 0 Å². The van der Waals surface area contributed by atoms with Gasteiger partial charge in [0, 0.05) is 31.5 Å². The second-order valence-corrected chi connectivity index (χ2v) is 6.72. The number of fused-ring (bicyclic) bond motifs is 1. The van der Waals surface area contributed by atoms with Crippen molar-refractivity contribution in [3.8, 4) is 5.88 Å². The van der Waals surface area contributed by atoms with E-state index in [1.54, 1.807) is 25.7 Å². The molecule has 25 heavy (non-hydrogen) atoms. The summed E-state index contributed by atoms with van der Waals surface area (Å²) in [5.74, 6) is 3.14. The van der Waals surface area contributed by atoms with Gasteiger partial charge in [-0.2, -0.15) is 0 Å². The lowest BCUT2D eigenvalue weighted by molar-refractivity contribution is 0.0737. The molecule has 2 fully saturated rings. The van der Waals surface area contributed by atoms with E-state index in [1.807, 2.05) is 6.07 Å². The lowest BCUT2D eigenvalue weighted by Gasteiger charge is -2.35. The number of nitrogens with one attached hydrogen (secondary N) is 1. The van der Waals surface area contributed by atoms with E-state index in [2.05, 4.69) is 30.2 Å². The molecule has 132 valence electrons. The molecule has 4 rings (SSSR count). The molecule has 0 bridgehead atoms. The fourth-order valence-corrected chi connectivity index (χ4v) is 3.95. The van der Waals surface area contributed by atoms with Crippen LogP contribution in [0, 0.1) is 11.8 Å². The maximum absolute atomic E-state index is 10.5. The minimum atomic E-state index is -0.386. The van der Waals surface area contributed by atoms with Crippen LogP contribution in [-0.2, 0) is 0 Å². The first-order valence-corrected chi connectivity index (χ1v) is 8.54. The van der Waals surface area contributed by atoms with Gasteiger partial charge in [0.25, 0.3) is 0 Å². The monoisotopic (exact) mass is 342 g/mol. The van der Waals surface area contributed by atoms with E-state index in [9.17, 15) is 5.11 Å². The van der Waals surface area contributed by atoms with Crippen LogP contribution >= 0.6 is 0 Å². The van der Waals surface area contributed by atoms with Gasteiger partial charge in [0.05, 0.1) is 25.5 Å². The Bertz CT molecular complexity index is 715. The maximum atomic E-state index is 10.5. The first kappa shape index (κ1) is 16.0. The summed E-state index contributed by atoms with van der Waals surface area (Å²) in [6, 6.07) is 1.86. The Balaban J connectivity index is 1.44. The van der Waals surface area contributed by atoms with Crippen LogP contribution in [0.4, 0.5) is 11.6 Å². The molecule has 8 heteroatoms. The largest absolute Gasteiger partial charge is 0.481 e. The van der Waals surface area contributed by atoms with Gasteiger partial charge in [0.15, 0.2) is 0 Å². The number of hydrogen-bond donors (Lipinski definition) is 2. The fourth-order valence-electron chi connectivity index (χ4n) is 3.95. The molecule has 2 aromatic rings. The third kappa shape index (κ3) is 3.34. The minimum Gasteiger partial charge on any atom is -0.481 e. The Labute approximate surface area is 146 Å². The highest BCUT2D eigenvalue weighted by Gasteiger charge is 2.42. The quantitative estimate of drug-likeness (QED) is 0.848.